The Labute approximate surface area is 75.0 Å². The third kappa shape index (κ3) is 9.37. The molecule has 72 valence electrons. The smallest absolute Gasteiger partial charge is 0.120 e. The third-order valence-electron chi connectivity index (χ3n) is 1.71. The molecule has 0 rings (SSSR count). The monoisotopic (exact) mass is 172 g/mol. The standard InChI is InChI=1S/C10H18O.H2O/c1-9(2)5-4-6-10(3)7-8-11;/h5,8,10H,4,6-7H2,1-3H3;1H2. The van der Waals surface area contributed by atoms with Crippen molar-refractivity contribution < 1.29 is 10.3 Å². The summed E-state index contributed by atoms with van der Waals surface area (Å²) in [5.41, 5.74) is 1.36. The molecule has 2 N–H and O–H groups in total. The van der Waals surface area contributed by atoms with Crippen LogP contribution in [0.15, 0.2) is 11.6 Å². The van der Waals surface area contributed by atoms with Gasteiger partial charge in [-0.05, 0) is 32.6 Å². The van der Waals surface area contributed by atoms with Crippen molar-refractivity contribution in [2.75, 3.05) is 0 Å². The highest BCUT2D eigenvalue weighted by molar-refractivity contribution is 5.49. The first-order chi connectivity index (χ1) is 5.16. The topological polar surface area (TPSA) is 48.6 Å². The Morgan fingerprint density at radius 3 is 2.42 bits per heavy atom. The Balaban J connectivity index is 0. The van der Waals surface area contributed by atoms with Crippen molar-refractivity contribution in [3.63, 3.8) is 0 Å². The van der Waals surface area contributed by atoms with Crippen molar-refractivity contribution in [2.24, 2.45) is 5.92 Å². The molecule has 0 spiro atoms. The van der Waals surface area contributed by atoms with E-state index < -0.39 is 0 Å². The van der Waals surface area contributed by atoms with Gasteiger partial charge >= 0.3 is 0 Å². The van der Waals surface area contributed by atoms with Crippen LogP contribution in [0, 0.1) is 5.92 Å². The van der Waals surface area contributed by atoms with Gasteiger partial charge in [0.1, 0.15) is 6.29 Å². The summed E-state index contributed by atoms with van der Waals surface area (Å²) < 4.78 is 0. The summed E-state index contributed by atoms with van der Waals surface area (Å²) >= 11 is 0. The van der Waals surface area contributed by atoms with E-state index in [1.54, 1.807) is 0 Å². The molecule has 0 saturated carbocycles. The van der Waals surface area contributed by atoms with Crippen LogP contribution < -0.4 is 0 Å². The minimum atomic E-state index is 0. The largest absolute Gasteiger partial charge is 0.412 e. The molecule has 0 bridgehead atoms. The second kappa shape index (κ2) is 8.47. The van der Waals surface area contributed by atoms with Crippen molar-refractivity contribution in [3.8, 4) is 0 Å². The lowest BCUT2D eigenvalue weighted by atomic mass is 10.0. The predicted octanol–water partition coefficient (Wildman–Crippen LogP) is 2.13. The van der Waals surface area contributed by atoms with Crippen molar-refractivity contribution in [3.05, 3.63) is 11.6 Å². The van der Waals surface area contributed by atoms with E-state index in [1.807, 2.05) is 0 Å². The maximum absolute atomic E-state index is 10.1. The van der Waals surface area contributed by atoms with Gasteiger partial charge < -0.3 is 10.3 Å². The highest BCUT2D eigenvalue weighted by atomic mass is 16.1. The summed E-state index contributed by atoms with van der Waals surface area (Å²) in [5.74, 6) is 0.545. The molecule has 0 heterocycles. The van der Waals surface area contributed by atoms with Gasteiger partial charge in [0.2, 0.25) is 0 Å². The molecule has 0 aromatic rings. The highest BCUT2D eigenvalue weighted by Crippen LogP contribution is 2.09. The van der Waals surface area contributed by atoms with Crippen LogP contribution >= 0.6 is 0 Å². The number of carbonyl (C=O) groups excluding carboxylic acids is 1. The summed E-state index contributed by atoms with van der Waals surface area (Å²) in [6.07, 6.45) is 6.17. The maximum atomic E-state index is 10.1. The SMILES string of the molecule is CC(C)=CCCC(C)CC=O.O. The van der Waals surface area contributed by atoms with Crippen LogP contribution in [0.3, 0.4) is 0 Å². The number of hydrogen-bond donors (Lipinski definition) is 0. The van der Waals surface area contributed by atoms with Crippen molar-refractivity contribution in [1.82, 2.24) is 0 Å². The molecule has 0 aliphatic rings. The van der Waals surface area contributed by atoms with Crippen LogP contribution in [0.1, 0.15) is 40.0 Å². The fourth-order valence-electron chi connectivity index (χ4n) is 0.939. The average molecular weight is 172 g/mol. The highest BCUT2D eigenvalue weighted by Gasteiger charge is 1.98. The number of aldehydes is 1. The summed E-state index contributed by atoms with van der Waals surface area (Å²) in [4.78, 5) is 10.1. The first kappa shape index (κ1) is 13.9. The molecular weight excluding hydrogens is 152 g/mol. The number of hydrogen-bond acceptors (Lipinski definition) is 1. The Morgan fingerprint density at radius 1 is 1.42 bits per heavy atom. The van der Waals surface area contributed by atoms with E-state index in [2.05, 4.69) is 26.8 Å². The Bertz CT molecular complexity index is 135. The average Bonchev–Trinajstić information content (AvgIpc) is 1.87. The molecule has 0 aromatic heterocycles. The van der Waals surface area contributed by atoms with Crippen LogP contribution in [0.25, 0.3) is 0 Å². The molecular formula is C10H20O2. The normalized spacial score (nSPS) is 11.2. The Hall–Kier alpha value is -0.630. The van der Waals surface area contributed by atoms with Gasteiger partial charge in [0.15, 0.2) is 0 Å². The molecule has 2 nitrogen and oxygen atoms in total. The van der Waals surface area contributed by atoms with Gasteiger partial charge in [-0.15, -0.1) is 0 Å². The molecule has 0 fully saturated rings. The number of rotatable bonds is 5. The van der Waals surface area contributed by atoms with E-state index >= 15 is 0 Å². The molecule has 0 amide bonds. The third-order valence-corrected chi connectivity index (χ3v) is 1.71. The van der Waals surface area contributed by atoms with Crippen LogP contribution in [0.2, 0.25) is 0 Å². The van der Waals surface area contributed by atoms with E-state index in [4.69, 9.17) is 0 Å². The van der Waals surface area contributed by atoms with Gasteiger partial charge in [0.05, 0.1) is 0 Å². The summed E-state index contributed by atoms with van der Waals surface area (Å²) in [6.45, 7) is 6.32. The molecule has 1 atom stereocenters. The zero-order chi connectivity index (χ0) is 8.69. The Kier molecular flexibility index (Phi) is 9.83. The zero-order valence-corrected chi connectivity index (χ0v) is 8.26. The first-order valence-electron chi connectivity index (χ1n) is 4.23. The minimum absolute atomic E-state index is 0. The number of allylic oxidation sites excluding steroid dienone is 2. The van der Waals surface area contributed by atoms with Crippen molar-refractivity contribution in [2.45, 2.75) is 40.0 Å². The molecule has 0 aromatic carbocycles. The lowest BCUT2D eigenvalue weighted by Gasteiger charge is -2.03. The first-order valence-corrected chi connectivity index (χ1v) is 4.23. The van der Waals surface area contributed by atoms with E-state index in [0.717, 1.165) is 19.1 Å². The second-order valence-corrected chi connectivity index (χ2v) is 3.37. The van der Waals surface area contributed by atoms with Crippen LogP contribution in [-0.2, 0) is 4.79 Å². The lowest BCUT2D eigenvalue weighted by molar-refractivity contribution is -0.108. The van der Waals surface area contributed by atoms with Crippen molar-refractivity contribution >= 4 is 6.29 Å². The molecule has 2 heteroatoms. The summed E-state index contributed by atoms with van der Waals surface area (Å²) in [7, 11) is 0. The van der Waals surface area contributed by atoms with Gasteiger partial charge in [-0.2, -0.15) is 0 Å². The van der Waals surface area contributed by atoms with E-state index in [9.17, 15) is 4.79 Å². The minimum Gasteiger partial charge on any atom is -0.412 e. The van der Waals surface area contributed by atoms with E-state index in [-0.39, 0.29) is 5.48 Å². The summed E-state index contributed by atoms with van der Waals surface area (Å²) in [6, 6.07) is 0. The molecule has 0 aliphatic heterocycles. The van der Waals surface area contributed by atoms with Crippen LogP contribution in [-0.4, -0.2) is 11.8 Å². The molecule has 0 aliphatic carbocycles. The van der Waals surface area contributed by atoms with Crippen LogP contribution in [0.4, 0.5) is 0 Å². The van der Waals surface area contributed by atoms with E-state index in [0.29, 0.717) is 12.3 Å². The second-order valence-electron chi connectivity index (χ2n) is 3.37. The fraction of sp³-hybridized carbons (Fsp3) is 0.700. The van der Waals surface area contributed by atoms with Gasteiger partial charge in [-0.25, -0.2) is 0 Å². The molecule has 0 saturated heterocycles. The zero-order valence-electron chi connectivity index (χ0n) is 8.26. The lowest BCUT2D eigenvalue weighted by Crippen LogP contribution is -1.93. The Morgan fingerprint density at radius 2 is 2.00 bits per heavy atom. The van der Waals surface area contributed by atoms with Gasteiger partial charge in [0.25, 0.3) is 0 Å². The molecule has 1 unspecified atom stereocenters. The molecule has 12 heavy (non-hydrogen) atoms. The van der Waals surface area contributed by atoms with Crippen molar-refractivity contribution in [1.29, 1.82) is 0 Å². The van der Waals surface area contributed by atoms with Crippen LogP contribution in [0.5, 0.6) is 0 Å². The number of carbonyl (C=O) groups is 1. The van der Waals surface area contributed by atoms with Gasteiger partial charge in [-0.1, -0.05) is 18.6 Å². The summed E-state index contributed by atoms with van der Waals surface area (Å²) in [5, 5.41) is 0. The van der Waals surface area contributed by atoms with Gasteiger partial charge in [0, 0.05) is 6.42 Å². The molecule has 0 radical (unpaired) electrons. The fourth-order valence-corrected chi connectivity index (χ4v) is 0.939. The quantitative estimate of drug-likeness (QED) is 0.463. The van der Waals surface area contributed by atoms with E-state index in [1.165, 1.54) is 5.57 Å². The van der Waals surface area contributed by atoms with Gasteiger partial charge in [-0.3, -0.25) is 0 Å². The maximum Gasteiger partial charge on any atom is 0.120 e. The predicted molar refractivity (Wildman–Crippen MR) is 52.1 cm³/mol.